The Labute approximate surface area is 197 Å². The maximum atomic E-state index is 13.1. The van der Waals surface area contributed by atoms with Crippen LogP contribution < -0.4 is 5.43 Å². The maximum Gasteiger partial charge on any atom is 0.312 e. The molecule has 2 atom stereocenters. The maximum absolute atomic E-state index is 13.1. The summed E-state index contributed by atoms with van der Waals surface area (Å²) in [7, 11) is 0. The minimum atomic E-state index is -1.24. The van der Waals surface area contributed by atoms with Gasteiger partial charge < -0.3 is 4.74 Å². The molecule has 12 heteroatoms. The third kappa shape index (κ3) is 5.73. The standard InChI is InChI=1S/C22H19ClFN3O7/c23-10-9-18(20(29)13-5-7-15(24)8-6-13)34-22(31)14-11-19(28)26(12-14)25-21(30)16-3-1-2-4-17(16)27(32)33/h1-8,14,18H,9-12H2,(H,25,30)/t14-,18+/m0/s1. The molecule has 1 saturated heterocycles. The Morgan fingerprint density at radius 1 is 1.21 bits per heavy atom. The number of hydrogen-bond acceptors (Lipinski definition) is 7. The summed E-state index contributed by atoms with van der Waals surface area (Å²) in [5.74, 6) is -4.42. The Morgan fingerprint density at radius 2 is 1.88 bits per heavy atom. The number of esters is 1. The molecule has 0 unspecified atom stereocenters. The van der Waals surface area contributed by atoms with Crippen LogP contribution in [-0.4, -0.2) is 52.0 Å². The number of nitrogens with zero attached hydrogens (tertiary/aromatic N) is 2. The van der Waals surface area contributed by atoms with Crippen LogP contribution in [0.1, 0.15) is 33.6 Å². The molecule has 2 amide bonds. The van der Waals surface area contributed by atoms with Crippen LogP contribution in [0.25, 0.3) is 0 Å². The van der Waals surface area contributed by atoms with Crippen molar-refractivity contribution < 1.29 is 33.2 Å². The van der Waals surface area contributed by atoms with Gasteiger partial charge in [0.1, 0.15) is 11.4 Å². The largest absolute Gasteiger partial charge is 0.454 e. The van der Waals surface area contributed by atoms with Crippen LogP contribution in [0.2, 0.25) is 0 Å². The van der Waals surface area contributed by atoms with Gasteiger partial charge in [0.25, 0.3) is 11.6 Å². The van der Waals surface area contributed by atoms with E-state index in [1.165, 1.54) is 30.3 Å². The molecule has 0 radical (unpaired) electrons. The zero-order chi connectivity index (χ0) is 24.8. The third-order valence-electron chi connectivity index (χ3n) is 5.09. The van der Waals surface area contributed by atoms with Gasteiger partial charge in [-0.25, -0.2) is 4.39 Å². The van der Waals surface area contributed by atoms with Crippen LogP contribution in [0.4, 0.5) is 10.1 Å². The summed E-state index contributed by atoms with van der Waals surface area (Å²) in [4.78, 5) is 60.5. The van der Waals surface area contributed by atoms with E-state index in [2.05, 4.69) is 5.43 Å². The number of carbonyl (C=O) groups excluding carboxylic acids is 4. The van der Waals surface area contributed by atoms with E-state index in [9.17, 15) is 33.7 Å². The fourth-order valence-electron chi connectivity index (χ4n) is 3.36. The van der Waals surface area contributed by atoms with Crippen molar-refractivity contribution in [2.45, 2.75) is 18.9 Å². The lowest BCUT2D eigenvalue weighted by molar-refractivity contribution is -0.385. The fraction of sp³-hybridized carbons (Fsp3) is 0.273. The van der Waals surface area contributed by atoms with Gasteiger partial charge in [-0.05, 0) is 30.3 Å². The average molecular weight is 492 g/mol. The lowest BCUT2D eigenvalue weighted by atomic mass is 10.0. The highest BCUT2D eigenvalue weighted by Crippen LogP contribution is 2.22. The Bertz CT molecular complexity index is 1130. The molecule has 1 aliphatic heterocycles. The third-order valence-corrected chi connectivity index (χ3v) is 5.31. The number of nitrogens with one attached hydrogen (secondary N) is 1. The zero-order valence-corrected chi connectivity index (χ0v) is 18.4. The molecule has 0 spiro atoms. The number of benzene rings is 2. The number of amides is 2. The number of ketones is 1. The molecule has 2 aromatic carbocycles. The summed E-state index contributed by atoms with van der Waals surface area (Å²) in [5, 5.41) is 12.0. The molecular formula is C22H19ClFN3O7. The van der Waals surface area contributed by atoms with Crippen molar-refractivity contribution in [1.29, 1.82) is 0 Å². The van der Waals surface area contributed by atoms with Crippen LogP contribution in [0, 0.1) is 21.8 Å². The molecule has 178 valence electrons. The van der Waals surface area contributed by atoms with Gasteiger partial charge in [-0.1, -0.05) is 12.1 Å². The minimum Gasteiger partial charge on any atom is -0.454 e. The van der Waals surface area contributed by atoms with Crippen LogP contribution >= 0.6 is 11.6 Å². The van der Waals surface area contributed by atoms with E-state index in [1.807, 2.05) is 0 Å². The predicted molar refractivity (Wildman–Crippen MR) is 116 cm³/mol. The number of alkyl halides is 1. The summed E-state index contributed by atoms with van der Waals surface area (Å²) in [5.41, 5.74) is 1.71. The second kappa shape index (κ2) is 10.8. The SMILES string of the molecule is O=C(NN1C[C@@H](C(=O)O[C@H](CCCl)C(=O)c2ccc(F)cc2)CC1=O)c1ccccc1[N+](=O)[O-]. The molecule has 1 N–H and O–H groups in total. The predicted octanol–water partition coefficient (Wildman–Crippen LogP) is 2.65. The van der Waals surface area contributed by atoms with Gasteiger partial charge in [0.15, 0.2) is 6.10 Å². The van der Waals surface area contributed by atoms with Gasteiger partial charge >= 0.3 is 5.97 Å². The smallest absolute Gasteiger partial charge is 0.312 e. The Balaban J connectivity index is 1.65. The van der Waals surface area contributed by atoms with Gasteiger partial charge in [-0.3, -0.25) is 39.7 Å². The number of halogens is 2. The summed E-state index contributed by atoms with van der Waals surface area (Å²) in [6.45, 7) is -0.248. The number of hydrazine groups is 1. The molecule has 1 fully saturated rings. The first-order valence-corrected chi connectivity index (χ1v) is 10.7. The average Bonchev–Trinajstić information content (AvgIpc) is 3.18. The monoisotopic (exact) mass is 491 g/mol. The Morgan fingerprint density at radius 3 is 2.53 bits per heavy atom. The van der Waals surface area contributed by atoms with Crippen molar-refractivity contribution in [3.8, 4) is 0 Å². The number of carbonyl (C=O) groups is 4. The van der Waals surface area contributed by atoms with Gasteiger partial charge in [-0.2, -0.15) is 0 Å². The van der Waals surface area contributed by atoms with E-state index in [-0.39, 0.29) is 36.4 Å². The molecule has 1 aliphatic rings. The molecule has 0 aliphatic carbocycles. The summed E-state index contributed by atoms with van der Waals surface area (Å²) < 4.78 is 18.4. The number of nitro groups is 1. The minimum absolute atomic E-state index is 0.00228. The highest BCUT2D eigenvalue weighted by atomic mass is 35.5. The first-order chi connectivity index (χ1) is 16.2. The van der Waals surface area contributed by atoms with Crippen molar-refractivity contribution in [3.63, 3.8) is 0 Å². The van der Waals surface area contributed by atoms with Gasteiger partial charge in [0.05, 0.1) is 17.4 Å². The Kier molecular flexibility index (Phi) is 7.90. The molecule has 0 saturated carbocycles. The topological polar surface area (TPSA) is 136 Å². The van der Waals surface area contributed by atoms with Crippen LogP contribution in [0.5, 0.6) is 0 Å². The van der Waals surface area contributed by atoms with Crippen LogP contribution in [-0.2, 0) is 14.3 Å². The fourth-order valence-corrected chi connectivity index (χ4v) is 3.56. The van der Waals surface area contributed by atoms with Crippen molar-refractivity contribution >= 4 is 40.9 Å². The van der Waals surface area contributed by atoms with Crippen molar-refractivity contribution in [1.82, 2.24) is 10.4 Å². The number of ether oxygens (including phenoxy) is 1. The van der Waals surface area contributed by atoms with E-state index >= 15 is 0 Å². The molecule has 0 aromatic heterocycles. The summed E-state index contributed by atoms with van der Waals surface area (Å²) >= 11 is 5.73. The number of hydrogen-bond donors (Lipinski definition) is 1. The van der Waals surface area contributed by atoms with E-state index in [4.69, 9.17) is 16.3 Å². The van der Waals surface area contributed by atoms with E-state index in [0.29, 0.717) is 0 Å². The highest BCUT2D eigenvalue weighted by molar-refractivity contribution is 6.18. The van der Waals surface area contributed by atoms with Gasteiger partial charge in [0.2, 0.25) is 11.7 Å². The van der Waals surface area contributed by atoms with Crippen molar-refractivity contribution in [3.05, 3.63) is 75.6 Å². The lowest BCUT2D eigenvalue weighted by Crippen LogP contribution is -2.43. The normalized spacial score (nSPS) is 16.1. The molecule has 10 nitrogen and oxygen atoms in total. The van der Waals surface area contributed by atoms with Crippen molar-refractivity contribution in [2.75, 3.05) is 12.4 Å². The Hall–Kier alpha value is -3.86. The number of rotatable bonds is 9. The number of Topliss-reactive ketones (excluding diaryl/α,β-unsaturated/α-hetero) is 1. The second-order valence-electron chi connectivity index (χ2n) is 7.39. The van der Waals surface area contributed by atoms with Gasteiger partial charge in [-0.15, -0.1) is 11.6 Å². The second-order valence-corrected chi connectivity index (χ2v) is 7.77. The van der Waals surface area contributed by atoms with Crippen molar-refractivity contribution in [2.24, 2.45) is 5.92 Å². The van der Waals surface area contributed by atoms with E-state index in [0.717, 1.165) is 23.2 Å². The van der Waals surface area contributed by atoms with Gasteiger partial charge in [0, 0.05) is 30.4 Å². The van der Waals surface area contributed by atoms with E-state index in [1.54, 1.807) is 0 Å². The first kappa shape index (κ1) is 24.8. The number of para-hydroxylation sites is 1. The lowest BCUT2D eigenvalue weighted by Gasteiger charge is -2.19. The van der Waals surface area contributed by atoms with E-state index < -0.39 is 52.0 Å². The molecule has 0 bridgehead atoms. The number of nitro benzene ring substituents is 1. The van der Waals surface area contributed by atoms with Crippen LogP contribution in [0.3, 0.4) is 0 Å². The quantitative estimate of drug-likeness (QED) is 0.187. The summed E-state index contributed by atoms with van der Waals surface area (Å²) in [6, 6.07) is 9.92. The molecular weight excluding hydrogens is 473 g/mol. The zero-order valence-electron chi connectivity index (χ0n) is 17.6. The molecule has 2 aromatic rings. The molecule has 34 heavy (non-hydrogen) atoms. The molecule has 3 rings (SSSR count). The molecule has 1 heterocycles. The van der Waals surface area contributed by atoms with Crippen LogP contribution in [0.15, 0.2) is 48.5 Å². The first-order valence-electron chi connectivity index (χ1n) is 10.1. The highest BCUT2D eigenvalue weighted by Gasteiger charge is 2.38. The summed E-state index contributed by atoms with van der Waals surface area (Å²) in [6.07, 6.45) is -1.53.